The van der Waals surface area contributed by atoms with Crippen LogP contribution in [0.2, 0.25) is 0 Å². The largest absolute Gasteiger partial charge is 0.326 e. The maximum atomic E-state index is 13.2. The Labute approximate surface area is 179 Å². The van der Waals surface area contributed by atoms with Gasteiger partial charge in [-0.25, -0.2) is 4.98 Å². The molecule has 2 amide bonds. The van der Waals surface area contributed by atoms with Crippen LogP contribution in [0.4, 0.5) is 11.5 Å². The predicted octanol–water partition coefficient (Wildman–Crippen LogP) is 4.84. The number of aryl methyl sites for hydroxylation is 2. The smallest absolute Gasteiger partial charge is 0.256 e. The van der Waals surface area contributed by atoms with Gasteiger partial charge in [0.2, 0.25) is 5.91 Å². The summed E-state index contributed by atoms with van der Waals surface area (Å²) in [6.07, 6.45) is 4.03. The first-order chi connectivity index (χ1) is 15.1. The van der Waals surface area contributed by atoms with E-state index in [9.17, 15) is 9.59 Å². The van der Waals surface area contributed by atoms with Crippen LogP contribution in [0.5, 0.6) is 0 Å². The van der Waals surface area contributed by atoms with Gasteiger partial charge in [-0.2, -0.15) is 0 Å². The number of hydrogen-bond donors (Lipinski definition) is 2. The van der Waals surface area contributed by atoms with Crippen LogP contribution in [-0.4, -0.2) is 21.2 Å². The van der Waals surface area contributed by atoms with Crippen molar-refractivity contribution in [3.05, 3.63) is 83.6 Å². The fourth-order valence-corrected chi connectivity index (χ4v) is 4.00. The molecule has 6 nitrogen and oxygen atoms in total. The van der Waals surface area contributed by atoms with E-state index in [1.165, 1.54) is 0 Å². The Bertz CT molecular complexity index is 1310. The minimum Gasteiger partial charge on any atom is -0.326 e. The quantitative estimate of drug-likeness (QED) is 0.508. The molecule has 6 heteroatoms. The van der Waals surface area contributed by atoms with Crippen molar-refractivity contribution in [2.45, 2.75) is 26.2 Å². The van der Waals surface area contributed by atoms with E-state index in [4.69, 9.17) is 4.98 Å². The number of nitrogens with one attached hydrogen (secondary N) is 2. The van der Waals surface area contributed by atoms with Gasteiger partial charge in [0.15, 0.2) is 0 Å². The zero-order valence-corrected chi connectivity index (χ0v) is 17.2. The van der Waals surface area contributed by atoms with Crippen LogP contribution < -0.4 is 10.6 Å². The lowest BCUT2D eigenvalue weighted by atomic mass is 10.0. The topological polar surface area (TPSA) is 75.5 Å². The number of fused-ring (bicyclic) bond motifs is 2. The van der Waals surface area contributed by atoms with Crippen LogP contribution in [0.25, 0.3) is 16.9 Å². The number of hydrogen-bond acceptors (Lipinski definition) is 3. The minimum atomic E-state index is -0.248. The lowest BCUT2D eigenvalue weighted by molar-refractivity contribution is -0.116. The lowest BCUT2D eigenvalue weighted by Crippen LogP contribution is -2.15. The van der Waals surface area contributed by atoms with Gasteiger partial charge in [-0.1, -0.05) is 42.5 Å². The number of nitrogens with zero attached hydrogens (tertiary/aromatic N) is 2. The highest BCUT2D eigenvalue weighted by Gasteiger charge is 2.20. The third-order valence-electron chi connectivity index (χ3n) is 5.62. The Morgan fingerprint density at radius 1 is 1.06 bits per heavy atom. The molecule has 2 aromatic carbocycles. The number of amides is 2. The van der Waals surface area contributed by atoms with Gasteiger partial charge in [0.05, 0.1) is 0 Å². The van der Waals surface area contributed by atoms with E-state index >= 15 is 0 Å². The SMILES string of the molecule is Cc1cccn2c(NC(=O)c3ccc4c(c3)NC(=O)CCC4)c(-c3ccccc3)nc12. The van der Waals surface area contributed by atoms with E-state index in [1.54, 1.807) is 6.07 Å². The summed E-state index contributed by atoms with van der Waals surface area (Å²) >= 11 is 0. The van der Waals surface area contributed by atoms with Crippen LogP contribution >= 0.6 is 0 Å². The van der Waals surface area contributed by atoms with Crippen molar-refractivity contribution in [1.82, 2.24) is 9.38 Å². The molecule has 31 heavy (non-hydrogen) atoms. The average molecular weight is 410 g/mol. The van der Waals surface area contributed by atoms with Crippen molar-refractivity contribution in [2.75, 3.05) is 10.6 Å². The van der Waals surface area contributed by atoms with Crippen LogP contribution in [0.15, 0.2) is 66.9 Å². The van der Waals surface area contributed by atoms with E-state index < -0.39 is 0 Å². The van der Waals surface area contributed by atoms with Gasteiger partial charge in [0, 0.05) is 29.4 Å². The van der Waals surface area contributed by atoms with Crippen molar-refractivity contribution in [2.24, 2.45) is 0 Å². The summed E-state index contributed by atoms with van der Waals surface area (Å²) in [5.41, 5.74) is 5.72. The molecular weight excluding hydrogens is 388 g/mol. The fraction of sp³-hybridized carbons (Fsp3) is 0.160. The van der Waals surface area contributed by atoms with Gasteiger partial charge >= 0.3 is 0 Å². The molecule has 0 spiro atoms. The molecule has 0 saturated carbocycles. The number of carbonyl (C=O) groups is 2. The Morgan fingerprint density at radius 2 is 1.90 bits per heavy atom. The summed E-state index contributed by atoms with van der Waals surface area (Å²) in [5, 5.41) is 5.97. The molecule has 1 aliphatic rings. The molecule has 2 N–H and O–H groups in total. The number of aromatic nitrogens is 2. The highest BCUT2D eigenvalue weighted by atomic mass is 16.2. The standard InChI is InChI=1S/C25H22N4O2/c1-16-7-6-14-29-23(16)27-22(18-8-3-2-4-9-18)24(29)28-25(31)19-13-12-17-10-5-11-21(30)26-20(17)15-19/h2-4,6-9,12-15H,5,10-11H2,1H3,(H,26,30)(H,28,31). The first-order valence-electron chi connectivity index (χ1n) is 10.4. The Kier molecular flexibility index (Phi) is 4.75. The highest BCUT2D eigenvalue weighted by molar-refractivity contribution is 6.07. The minimum absolute atomic E-state index is 0.0140. The van der Waals surface area contributed by atoms with Crippen molar-refractivity contribution < 1.29 is 9.59 Å². The molecule has 0 saturated heterocycles. The molecule has 2 aromatic heterocycles. The predicted molar refractivity (Wildman–Crippen MR) is 121 cm³/mol. The van der Waals surface area contributed by atoms with Gasteiger partial charge < -0.3 is 10.6 Å². The number of pyridine rings is 1. The summed E-state index contributed by atoms with van der Waals surface area (Å²) in [7, 11) is 0. The molecule has 0 fully saturated rings. The van der Waals surface area contributed by atoms with Crippen LogP contribution in [0.3, 0.4) is 0 Å². The van der Waals surface area contributed by atoms with Gasteiger partial charge in [0.1, 0.15) is 17.2 Å². The second-order valence-electron chi connectivity index (χ2n) is 7.79. The fourth-order valence-electron chi connectivity index (χ4n) is 4.00. The molecule has 3 heterocycles. The molecule has 4 aromatic rings. The van der Waals surface area contributed by atoms with E-state index in [1.807, 2.05) is 72.1 Å². The average Bonchev–Trinajstić information content (AvgIpc) is 3.03. The summed E-state index contributed by atoms with van der Waals surface area (Å²) < 4.78 is 1.90. The Morgan fingerprint density at radius 3 is 2.74 bits per heavy atom. The maximum Gasteiger partial charge on any atom is 0.256 e. The third kappa shape index (κ3) is 3.57. The second-order valence-corrected chi connectivity index (χ2v) is 7.79. The Balaban J connectivity index is 1.56. The van der Waals surface area contributed by atoms with E-state index in [0.29, 0.717) is 29.2 Å². The van der Waals surface area contributed by atoms with Crippen molar-refractivity contribution in [3.63, 3.8) is 0 Å². The second kappa shape index (κ2) is 7.72. The summed E-state index contributed by atoms with van der Waals surface area (Å²) in [4.78, 5) is 30.0. The van der Waals surface area contributed by atoms with Crippen molar-refractivity contribution >= 4 is 29.0 Å². The Hall–Kier alpha value is -3.93. The number of imidazole rings is 1. The molecule has 154 valence electrons. The van der Waals surface area contributed by atoms with E-state index in [2.05, 4.69) is 10.6 Å². The first kappa shape index (κ1) is 19.1. The van der Waals surface area contributed by atoms with E-state index in [0.717, 1.165) is 35.2 Å². The van der Waals surface area contributed by atoms with Gasteiger partial charge in [-0.3, -0.25) is 14.0 Å². The lowest BCUT2D eigenvalue weighted by Gasteiger charge is -2.11. The molecule has 0 bridgehead atoms. The molecule has 1 aliphatic heterocycles. The summed E-state index contributed by atoms with van der Waals surface area (Å²) in [6, 6.07) is 19.2. The summed E-state index contributed by atoms with van der Waals surface area (Å²) in [6.45, 7) is 2.00. The molecule has 0 atom stereocenters. The number of rotatable bonds is 3. The summed E-state index contributed by atoms with van der Waals surface area (Å²) in [5.74, 6) is 0.357. The molecule has 5 rings (SSSR count). The molecule has 0 aliphatic carbocycles. The number of anilines is 2. The van der Waals surface area contributed by atoms with Crippen LogP contribution in [0.1, 0.15) is 34.3 Å². The highest BCUT2D eigenvalue weighted by Crippen LogP contribution is 2.31. The van der Waals surface area contributed by atoms with Gasteiger partial charge in [-0.05, 0) is 49.1 Å². The monoisotopic (exact) mass is 410 g/mol. The zero-order valence-electron chi connectivity index (χ0n) is 17.2. The maximum absolute atomic E-state index is 13.2. The zero-order chi connectivity index (χ0) is 21.4. The molecular formula is C25H22N4O2. The number of benzene rings is 2. The van der Waals surface area contributed by atoms with Crippen LogP contribution in [0, 0.1) is 6.92 Å². The molecule has 0 radical (unpaired) electrons. The normalized spacial score (nSPS) is 13.4. The van der Waals surface area contributed by atoms with Crippen molar-refractivity contribution in [3.8, 4) is 11.3 Å². The number of carbonyl (C=O) groups excluding carboxylic acids is 2. The van der Waals surface area contributed by atoms with Gasteiger partial charge in [0.25, 0.3) is 5.91 Å². The van der Waals surface area contributed by atoms with Crippen molar-refractivity contribution in [1.29, 1.82) is 0 Å². The third-order valence-corrected chi connectivity index (χ3v) is 5.62. The van der Waals surface area contributed by atoms with Crippen LogP contribution in [-0.2, 0) is 11.2 Å². The van der Waals surface area contributed by atoms with E-state index in [-0.39, 0.29) is 11.8 Å². The van der Waals surface area contributed by atoms with Gasteiger partial charge in [-0.15, -0.1) is 0 Å². The molecule has 0 unspecified atom stereocenters. The first-order valence-corrected chi connectivity index (χ1v) is 10.4.